The van der Waals surface area contributed by atoms with Gasteiger partial charge in [-0.25, -0.2) is 0 Å². The van der Waals surface area contributed by atoms with Gasteiger partial charge in [0.05, 0.1) is 12.8 Å². The Balaban J connectivity index is 1.47. The first-order valence-corrected chi connectivity index (χ1v) is 10.9. The molecule has 3 heterocycles. The molecule has 156 valence electrons. The highest BCUT2D eigenvalue weighted by molar-refractivity contribution is 5.77. The third-order valence-electron chi connectivity index (χ3n) is 6.57. The van der Waals surface area contributed by atoms with E-state index in [4.69, 9.17) is 9.15 Å². The van der Waals surface area contributed by atoms with E-state index in [0.29, 0.717) is 6.42 Å². The van der Waals surface area contributed by atoms with E-state index < -0.39 is 0 Å². The number of hydrogen-bond acceptors (Lipinski definition) is 4. The summed E-state index contributed by atoms with van der Waals surface area (Å²) in [6.07, 6.45) is 5.20. The second-order valence-corrected chi connectivity index (χ2v) is 8.35. The molecular weight excluding hydrogens is 364 g/mol. The van der Waals surface area contributed by atoms with E-state index in [0.717, 1.165) is 63.5 Å². The molecule has 1 aromatic heterocycles. The Hall–Kier alpha value is -2.27. The van der Waals surface area contributed by atoms with Crippen molar-refractivity contribution in [2.24, 2.45) is 0 Å². The maximum absolute atomic E-state index is 12.9. The molecular formula is C24H32N2O3. The molecule has 2 aromatic rings. The Morgan fingerprint density at radius 1 is 1.14 bits per heavy atom. The number of carbonyl (C=O) groups is 1. The maximum Gasteiger partial charge on any atom is 0.223 e. The molecule has 0 aliphatic carbocycles. The molecule has 0 unspecified atom stereocenters. The van der Waals surface area contributed by atoms with E-state index in [9.17, 15) is 4.79 Å². The average molecular weight is 397 g/mol. The van der Waals surface area contributed by atoms with Crippen LogP contribution in [0.2, 0.25) is 0 Å². The molecule has 1 spiro atoms. The molecule has 1 fully saturated rings. The van der Waals surface area contributed by atoms with Gasteiger partial charge in [-0.2, -0.15) is 0 Å². The number of carbonyl (C=O) groups excluding carboxylic acids is 1. The molecule has 0 bridgehead atoms. The summed E-state index contributed by atoms with van der Waals surface area (Å²) in [5, 5.41) is 0. The van der Waals surface area contributed by atoms with Gasteiger partial charge in [0.25, 0.3) is 0 Å². The van der Waals surface area contributed by atoms with Crippen LogP contribution in [0.5, 0.6) is 5.75 Å². The van der Waals surface area contributed by atoms with Crippen LogP contribution >= 0.6 is 0 Å². The van der Waals surface area contributed by atoms with Gasteiger partial charge in [-0.1, -0.05) is 18.2 Å². The van der Waals surface area contributed by atoms with Gasteiger partial charge in [0, 0.05) is 38.5 Å². The highest BCUT2D eigenvalue weighted by atomic mass is 16.5. The molecule has 29 heavy (non-hydrogen) atoms. The summed E-state index contributed by atoms with van der Waals surface area (Å²) in [5.74, 6) is 2.46. The van der Waals surface area contributed by atoms with Crippen molar-refractivity contribution < 1.29 is 13.9 Å². The fraction of sp³-hybridized carbons (Fsp3) is 0.542. The maximum atomic E-state index is 12.9. The topological polar surface area (TPSA) is 45.9 Å². The summed E-state index contributed by atoms with van der Waals surface area (Å²) in [4.78, 5) is 17.2. The quantitative estimate of drug-likeness (QED) is 0.724. The van der Waals surface area contributed by atoms with Crippen LogP contribution < -0.4 is 4.74 Å². The minimum absolute atomic E-state index is 0.164. The predicted octanol–water partition coefficient (Wildman–Crippen LogP) is 4.44. The first-order chi connectivity index (χ1) is 14.1. The molecule has 2 aliphatic heterocycles. The van der Waals surface area contributed by atoms with Crippen molar-refractivity contribution in [1.82, 2.24) is 9.80 Å². The van der Waals surface area contributed by atoms with Crippen molar-refractivity contribution in [3.63, 3.8) is 0 Å². The minimum atomic E-state index is -0.164. The number of benzene rings is 1. The predicted molar refractivity (Wildman–Crippen MR) is 113 cm³/mol. The van der Waals surface area contributed by atoms with Gasteiger partial charge in [0.2, 0.25) is 5.91 Å². The minimum Gasteiger partial charge on any atom is -0.487 e. The lowest BCUT2D eigenvalue weighted by Gasteiger charge is -2.47. The fourth-order valence-electron chi connectivity index (χ4n) is 4.89. The molecule has 4 rings (SSSR count). The number of hydrogen-bond donors (Lipinski definition) is 0. The standard InChI is InChI=1S/C24H32N2O3/c1-3-26(4-2)23(27)16-19-17-24(29-22-10-6-5-9-21(19)22)11-13-25(14-12-24)18-20-8-7-15-28-20/h5-10,15,19H,3-4,11-14,16-18H2,1-2H3/t19-/m1/s1. The number of para-hydroxylation sites is 1. The summed E-state index contributed by atoms with van der Waals surface area (Å²) in [7, 11) is 0. The molecule has 5 nitrogen and oxygen atoms in total. The van der Waals surface area contributed by atoms with Crippen molar-refractivity contribution in [2.45, 2.75) is 57.6 Å². The number of nitrogens with zero attached hydrogens (tertiary/aromatic N) is 2. The summed E-state index contributed by atoms with van der Waals surface area (Å²) in [6, 6.07) is 12.3. The lowest BCUT2D eigenvalue weighted by Crippen LogP contribution is -2.50. The Morgan fingerprint density at radius 2 is 1.90 bits per heavy atom. The Labute approximate surface area is 173 Å². The number of furan rings is 1. The van der Waals surface area contributed by atoms with E-state index in [1.165, 1.54) is 5.56 Å². The van der Waals surface area contributed by atoms with Crippen LogP contribution in [-0.4, -0.2) is 47.5 Å². The van der Waals surface area contributed by atoms with E-state index in [1.54, 1.807) is 6.26 Å². The molecule has 2 aliphatic rings. The number of rotatable bonds is 6. The average Bonchev–Trinajstić information content (AvgIpc) is 3.24. The van der Waals surface area contributed by atoms with Gasteiger partial charge in [-0.3, -0.25) is 9.69 Å². The third kappa shape index (κ3) is 4.35. The van der Waals surface area contributed by atoms with Gasteiger partial charge in [-0.15, -0.1) is 0 Å². The third-order valence-corrected chi connectivity index (χ3v) is 6.57. The number of ether oxygens (including phenoxy) is 1. The van der Waals surface area contributed by atoms with Crippen LogP contribution in [-0.2, 0) is 11.3 Å². The van der Waals surface area contributed by atoms with Crippen LogP contribution in [0, 0.1) is 0 Å². The number of piperidine rings is 1. The normalized spacial score (nSPS) is 20.8. The van der Waals surface area contributed by atoms with Crippen LogP contribution in [0.4, 0.5) is 0 Å². The number of fused-ring (bicyclic) bond motifs is 1. The zero-order valence-electron chi connectivity index (χ0n) is 17.6. The molecule has 1 saturated heterocycles. The Morgan fingerprint density at radius 3 is 2.59 bits per heavy atom. The highest BCUT2D eigenvalue weighted by Gasteiger charge is 2.43. The van der Waals surface area contributed by atoms with Crippen molar-refractivity contribution >= 4 is 5.91 Å². The molecule has 1 atom stereocenters. The second kappa shape index (κ2) is 8.62. The molecule has 0 N–H and O–H groups in total. The number of amides is 1. The van der Waals surface area contributed by atoms with Crippen LogP contribution in [0.15, 0.2) is 47.1 Å². The van der Waals surface area contributed by atoms with E-state index in [1.807, 2.05) is 23.1 Å². The Bertz CT molecular complexity index is 805. The van der Waals surface area contributed by atoms with E-state index in [-0.39, 0.29) is 17.4 Å². The first-order valence-electron chi connectivity index (χ1n) is 10.9. The largest absolute Gasteiger partial charge is 0.487 e. The summed E-state index contributed by atoms with van der Waals surface area (Å²) in [6.45, 7) is 8.47. The van der Waals surface area contributed by atoms with Gasteiger partial charge in [0.1, 0.15) is 17.1 Å². The fourth-order valence-corrected chi connectivity index (χ4v) is 4.89. The molecule has 5 heteroatoms. The van der Waals surface area contributed by atoms with Crippen LogP contribution in [0.25, 0.3) is 0 Å². The van der Waals surface area contributed by atoms with E-state index >= 15 is 0 Å². The van der Waals surface area contributed by atoms with Gasteiger partial charge in [-0.05, 0) is 56.9 Å². The molecule has 1 amide bonds. The lowest BCUT2D eigenvalue weighted by molar-refractivity contribution is -0.131. The Kier molecular flexibility index (Phi) is 5.95. The lowest BCUT2D eigenvalue weighted by atomic mass is 9.76. The monoisotopic (exact) mass is 396 g/mol. The number of likely N-dealkylation sites (tertiary alicyclic amines) is 1. The summed E-state index contributed by atoms with van der Waals surface area (Å²) in [5.41, 5.74) is 1.03. The smallest absolute Gasteiger partial charge is 0.223 e. The zero-order valence-corrected chi connectivity index (χ0v) is 17.6. The second-order valence-electron chi connectivity index (χ2n) is 8.35. The van der Waals surface area contributed by atoms with Crippen molar-refractivity contribution in [1.29, 1.82) is 0 Å². The molecule has 1 aromatic carbocycles. The molecule has 0 saturated carbocycles. The summed E-state index contributed by atoms with van der Waals surface area (Å²) < 4.78 is 12.1. The first kappa shape index (κ1) is 20.0. The zero-order chi connectivity index (χ0) is 20.3. The highest BCUT2D eigenvalue weighted by Crippen LogP contribution is 2.46. The van der Waals surface area contributed by atoms with E-state index in [2.05, 4.69) is 36.9 Å². The molecule has 0 radical (unpaired) electrons. The van der Waals surface area contributed by atoms with Crippen molar-refractivity contribution in [2.75, 3.05) is 26.2 Å². The van der Waals surface area contributed by atoms with Gasteiger partial charge in [0.15, 0.2) is 0 Å². The van der Waals surface area contributed by atoms with Crippen LogP contribution in [0.3, 0.4) is 0 Å². The summed E-state index contributed by atoms with van der Waals surface area (Å²) >= 11 is 0. The van der Waals surface area contributed by atoms with Gasteiger partial charge < -0.3 is 14.1 Å². The van der Waals surface area contributed by atoms with Crippen molar-refractivity contribution in [3.8, 4) is 5.75 Å². The van der Waals surface area contributed by atoms with Gasteiger partial charge >= 0.3 is 0 Å². The van der Waals surface area contributed by atoms with Crippen molar-refractivity contribution in [3.05, 3.63) is 54.0 Å². The SMILES string of the molecule is CCN(CC)C(=O)C[C@@H]1CC2(CCN(Cc3ccco3)CC2)Oc2ccccc21. The van der Waals surface area contributed by atoms with Crippen LogP contribution in [0.1, 0.15) is 56.8 Å².